The Morgan fingerprint density at radius 2 is 0.850 bits per heavy atom. The first kappa shape index (κ1) is 97.6. The van der Waals surface area contributed by atoms with E-state index in [1.807, 2.05) is 62.6 Å². The molecule has 5 atom stereocenters. The molecule has 11 N–H and O–H groups in total. The SMILES string of the molecule is CN1Cc2c(Cl)cc(Cl)cc2[C@H](c2cccc(SNCCOCCOCCNC(=O)NCCCC(CCCNC(=O)NCCOCCOCCNS(=O)c3cccc([C@@H]4CN(C)Cc5c(Cl)cc(Cl)cc54)c3)(CCCNC(=O)NCCOCCOCCNS(=O)(=O)c3cccc([C@@H]4CN(C)Cc5c(Cl)cc(Cl)cc54)c3)NC(=O)CCC(=O)O)c2)C1. The highest BCUT2D eigenvalue weighted by atomic mass is 35.5. The molecule has 6 aromatic rings. The number of aliphatic carboxylic acids is 1. The number of fused-ring (bicyclic) bond motifs is 3. The molecule has 0 radical (unpaired) electrons. The molecule has 28 nitrogen and oxygen atoms in total. The summed E-state index contributed by atoms with van der Waals surface area (Å²) in [5.74, 6) is -1.64. The number of nitrogens with zero attached hydrogens (tertiary/aromatic N) is 3. The smallest absolute Gasteiger partial charge is 0.314 e. The van der Waals surface area contributed by atoms with Gasteiger partial charge in [-0.05, 0) is 194 Å². The zero-order valence-electron chi connectivity index (χ0n) is 67.9. The van der Waals surface area contributed by atoms with Gasteiger partial charge in [0.25, 0.3) is 0 Å². The highest BCUT2D eigenvalue weighted by Gasteiger charge is 2.34. The number of urea groups is 3. The van der Waals surface area contributed by atoms with Crippen molar-refractivity contribution >= 4 is 133 Å². The van der Waals surface area contributed by atoms with Crippen molar-refractivity contribution in [1.82, 2.24) is 66.1 Å². The van der Waals surface area contributed by atoms with Crippen molar-refractivity contribution in [1.29, 1.82) is 0 Å². The number of hydrogen-bond acceptors (Lipinski definition) is 19. The van der Waals surface area contributed by atoms with E-state index in [4.69, 9.17) is 98.0 Å². The Morgan fingerprint density at radius 3 is 1.29 bits per heavy atom. The Balaban J connectivity index is 0.660. The lowest BCUT2D eigenvalue weighted by Gasteiger charge is -2.36. The number of halogens is 6. The maximum Gasteiger partial charge on any atom is 0.314 e. The van der Waals surface area contributed by atoms with Crippen LogP contribution in [0.3, 0.4) is 0 Å². The monoisotopic (exact) mass is 1840 g/mol. The van der Waals surface area contributed by atoms with Crippen molar-refractivity contribution in [2.75, 3.05) is 179 Å². The Hall–Kier alpha value is -6.22. The van der Waals surface area contributed by atoms with Crippen LogP contribution in [0.15, 0.2) is 124 Å². The number of carboxylic acid groups (broad SMARTS) is 1. The van der Waals surface area contributed by atoms with Gasteiger partial charge < -0.3 is 85.4 Å². The highest BCUT2D eigenvalue weighted by Crippen LogP contribution is 2.43. The molecule has 0 saturated carbocycles. The van der Waals surface area contributed by atoms with Gasteiger partial charge in [-0.1, -0.05) is 106 Å². The van der Waals surface area contributed by atoms with Crippen LogP contribution in [-0.4, -0.2) is 247 Å². The molecule has 9 rings (SSSR count). The number of hydrogen-bond donors (Lipinski definition) is 11. The first-order valence-corrected chi connectivity index (χ1v) is 45.9. The molecule has 0 bridgehead atoms. The summed E-state index contributed by atoms with van der Waals surface area (Å²) < 4.78 is 83.3. The van der Waals surface area contributed by atoms with Gasteiger partial charge in [0.1, 0.15) is 11.0 Å². The van der Waals surface area contributed by atoms with Gasteiger partial charge in [0.15, 0.2) is 0 Å². The van der Waals surface area contributed by atoms with Crippen LogP contribution in [0.5, 0.6) is 0 Å². The molecule has 6 aromatic carbocycles. The van der Waals surface area contributed by atoms with Crippen LogP contribution in [0, 0.1) is 0 Å². The molecule has 0 saturated heterocycles. The number of carboxylic acids is 1. The number of ether oxygens (including phenoxy) is 6. The van der Waals surface area contributed by atoms with Crippen molar-refractivity contribution in [2.45, 2.75) is 109 Å². The van der Waals surface area contributed by atoms with Crippen molar-refractivity contribution in [3.05, 3.63) is 189 Å². The first-order valence-electron chi connectivity index (χ1n) is 40.2. The Labute approximate surface area is 740 Å². The second kappa shape index (κ2) is 51.3. The van der Waals surface area contributed by atoms with Gasteiger partial charge in [0.2, 0.25) is 15.9 Å². The Kier molecular flexibility index (Phi) is 41.7. The van der Waals surface area contributed by atoms with E-state index in [0.29, 0.717) is 126 Å². The molecule has 37 heteroatoms. The topological polar surface area (TPSA) is 342 Å². The summed E-state index contributed by atoms with van der Waals surface area (Å²) in [5, 5.41) is 33.1. The number of nitrogens with one attached hydrogen (secondary N) is 10. The third-order valence-corrected chi connectivity index (χ3v) is 25.5. The van der Waals surface area contributed by atoms with Gasteiger partial charge in [-0.2, -0.15) is 0 Å². The number of sulfonamides is 1. The van der Waals surface area contributed by atoms with Crippen LogP contribution >= 0.6 is 81.6 Å². The van der Waals surface area contributed by atoms with Gasteiger partial charge in [0.05, 0.1) is 95.5 Å². The van der Waals surface area contributed by atoms with Gasteiger partial charge in [-0.25, -0.2) is 36.5 Å². The Bertz CT molecular complexity index is 4480. The molecule has 3 aliphatic rings. The molecular formula is C83H111Cl6N13O15S3. The number of carbonyl (C=O) groups is 5. The number of amides is 7. The fourth-order valence-electron chi connectivity index (χ4n) is 14.7. The normalized spacial score (nSPS) is 16.3. The zero-order valence-corrected chi connectivity index (χ0v) is 74.9. The maximum atomic E-state index is 13.5. The maximum absolute atomic E-state index is 13.5. The summed E-state index contributed by atoms with van der Waals surface area (Å²) in [6.45, 7) is 9.49. The lowest BCUT2D eigenvalue weighted by molar-refractivity contribution is -0.139. The number of carbonyl (C=O) groups excluding carboxylic acids is 4. The molecule has 2 unspecified atom stereocenters. The quantitative estimate of drug-likeness (QED) is 0.0125. The second-order valence-electron chi connectivity index (χ2n) is 29.6. The number of benzene rings is 6. The predicted octanol–water partition coefficient (Wildman–Crippen LogP) is 11.3. The molecule has 120 heavy (non-hydrogen) atoms. The molecule has 0 aromatic heterocycles. The molecule has 0 fully saturated rings. The Morgan fingerprint density at radius 1 is 0.467 bits per heavy atom. The average molecular weight is 1840 g/mol. The molecule has 658 valence electrons. The third kappa shape index (κ3) is 32.7. The van der Waals surface area contributed by atoms with Crippen molar-refractivity contribution in [3.8, 4) is 0 Å². The lowest BCUT2D eigenvalue weighted by Crippen LogP contribution is -2.50. The van der Waals surface area contributed by atoms with E-state index in [-0.39, 0.29) is 134 Å². The van der Waals surface area contributed by atoms with E-state index in [1.54, 1.807) is 36.4 Å². The van der Waals surface area contributed by atoms with E-state index in [0.717, 1.165) is 69.0 Å². The zero-order chi connectivity index (χ0) is 85.8. The summed E-state index contributed by atoms with van der Waals surface area (Å²) in [6.07, 6.45) is 1.48. The van der Waals surface area contributed by atoms with Crippen LogP contribution in [0.1, 0.15) is 119 Å². The fraction of sp³-hybridized carbons (Fsp3) is 0.506. The van der Waals surface area contributed by atoms with E-state index in [1.165, 1.54) is 17.5 Å². The molecule has 0 spiro atoms. The average Bonchev–Trinajstić information content (AvgIpc) is 0.789. The summed E-state index contributed by atoms with van der Waals surface area (Å²) in [6, 6.07) is 32.8. The fourth-order valence-corrected chi connectivity index (χ4v) is 19.0. The van der Waals surface area contributed by atoms with Crippen LogP contribution in [0.2, 0.25) is 30.1 Å². The second-order valence-corrected chi connectivity index (χ2v) is 36.2. The minimum Gasteiger partial charge on any atom is -0.481 e. The summed E-state index contributed by atoms with van der Waals surface area (Å²) in [5.41, 5.74) is 8.35. The number of likely N-dealkylation sites (N-methyl/N-ethyl adjacent to an activating group) is 3. The van der Waals surface area contributed by atoms with Crippen molar-refractivity contribution in [2.24, 2.45) is 0 Å². The predicted molar refractivity (Wildman–Crippen MR) is 471 cm³/mol. The van der Waals surface area contributed by atoms with E-state index in [2.05, 4.69) is 97.4 Å². The molecule has 0 aliphatic carbocycles. The molecular weight excluding hydrogens is 1730 g/mol. The molecule has 3 aliphatic heterocycles. The summed E-state index contributed by atoms with van der Waals surface area (Å²) in [7, 11) is 0.748. The summed E-state index contributed by atoms with van der Waals surface area (Å²) in [4.78, 5) is 72.6. The van der Waals surface area contributed by atoms with Crippen molar-refractivity contribution in [3.63, 3.8) is 0 Å². The van der Waals surface area contributed by atoms with Gasteiger partial charge >= 0.3 is 24.1 Å². The van der Waals surface area contributed by atoms with Crippen molar-refractivity contribution < 1.29 is 70.1 Å². The van der Waals surface area contributed by atoms with Crippen LogP contribution in [-0.2, 0) is 78.7 Å². The molecule has 7 amide bonds. The standard InChI is InChI=1S/C83H111Cl6N13O15S3/c1-100-51-69(66-45-60(84)48-75(87)72(66)54-100)57-10-4-13-63(42-57)118-96-27-33-115-39-36-112-30-24-93-80(106)90-21-7-18-83(99-78(103)16-17-79(104)105,19-8-22-91-81(107)94-25-31-113-37-40-116-34-28-97-119(109)64-14-5-11-58(43-64)70-52-101(2)55-73-67(70)46-61(85)49-76(73)88)20-9-23-92-82(108)95-26-32-114-38-41-117-35-29-98-120(110,111)65-15-6-12-59(44-65)71-53-102(3)56-74-68(71)47-62(86)50-77(74)89/h4-6,10-15,42-50,69-71,96-98H,7-9,16-41,51-56H2,1-3H3,(H,99,103)(H,104,105)(H2,90,93,106)(H2,91,94,107)(H2,92,95,108)/t69-,70-,71-,83?,119?/m0/s1. The lowest BCUT2D eigenvalue weighted by atomic mass is 9.83. The minimum absolute atomic E-state index is 0.00213. The summed E-state index contributed by atoms with van der Waals surface area (Å²) >= 11 is 40.6. The highest BCUT2D eigenvalue weighted by molar-refractivity contribution is 7.97. The van der Waals surface area contributed by atoms with E-state index < -0.39 is 62.9 Å². The van der Waals surface area contributed by atoms with E-state index in [9.17, 15) is 41.7 Å². The van der Waals surface area contributed by atoms with Gasteiger partial charge in [-0.15, -0.1) is 0 Å². The largest absolute Gasteiger partial charge is 0.481 e. The van der Waals surface area contributed by atoms with Crippen LogP contribution in [0.25, 0.3) is 0 Å². The third-order valence-electron chi connectivity index (χ3n) is 20.4. The number of rotatable bonds is 52. The van der Waals surface area contributed by atoms with Gasteiger partial charge in [0, 0.05) is 163 Å². The van der Waals surface area contributed by atoms with E-state index >= 15 is 0 Å². The van der Waals surface area contributed by atoms with Crippen LogP contribution < -0.4 is 51.4 Å². The minimum atomic E-state index is -3.88. The first-order chi connectivity index (χ1) is 57.8. The van der Waals surface area contributed by atoms with Gasteiger partial charge in [-0.3, -0.25) is 14.3 Å². The van der Waals surface area contributed by atoms with Crippen LogP contribution in [0.4, 0.5) is 14.4 Å². The molecule has 3 heterocycles.